The van der Waals surface area contributed by atoms with E-state index in [1.165, 1.54) is 29.7 Å². The number of fused-ring (bicyclic) bond motifs is 1. The molecule has 1 aliphatic heterocycles. The Morgan fingerprint density at radius 2 is 2.12 bits per heavy atom. The third-order valence-corrected chi connectivity index (χ3v) is 6.36. The van der Waals surface area contributed by atoms with E-state index in [0.29, 0.717) is 12.1 Å². The number of benzene rings is 1. The van der Waals surface area contributed by atoms with Crippen molar-refractivity contribution in [2.75, 3.05) is 13.7 Å². The molecule has 0 radical (unpaired) electrons. The fraction of sp³-hybridized carbons (Fsp3) is 0.211. The average molecular weight is 373 g/mol. The minimum Gasteiger partial charge on any atom is -0.494 e. The first-order chi connectivity index (χ1) is 12.2. The summed E-state index contributed by atoms with van der Waals surface area (Å²) in [5.74, 6) is -0.531. The second-order valence-electron chi connectivity index (χ2n) is 5.81. The van der Waals surface area contributed by atoms with Gasteiger partial charge in [-0.25, -0.2) is 4.39 Å². The third kappa shape index (κ3) is 2.85. The first kappa shape index (κ1) is 16.3. The van der Waals surface area contributed by atoms with Gasteiger partial charge in [0.25, 0.3) is 5.91 Å². The molecular formula is C19H16FNO2S2. The molecule has 4 rings (SSSR count). The van der Waals surface area contributed by atoms with Gasteiger partial charge in [-0.3, -0.25) is 4.79 Å². The third-order valence-electron chi connectivity index (χ3n) is 4.44. The molecule has 1 atom stereocenters. The molecule has 1 aliphatic rings. The summed E-state index contributed by atoms with van der Waals surface area (Å²) in [5, 5.41) is 4.10. The molecule has 3 nitrogen and oxygen atoms in total. The number of amides is 1. The molecule has 0 fully saturated rings. The van der Waals surface area contributed by atoms with E-state index in [0.717, 1.165) is 11.3 Å². The zero-order chi connectivity index (χ0) is 17.4. The summed E-state index contributed by atoms with van der Waals surface area (Å²) in [6.45, 7) is 0.628. The van der Waals surface area contributed by atoms with Gasteiger partial charge in [0, 0.05) is 21.9 Å². The van der Waals surface area contributed by atoms with Crippen molar-refractivity contribution in [3.63, 3.8) is 0 Å². The van der Waals surface area contributed by atoms with Crippen molar-refractivity contribution in [1.29, 1.82) is 0 Å². The van der Waals surface area contributed by atoms with Crippen LogP contribution in [0, 0.1) is 5.82 Å². The van der Waals surface area contributed by atoms with Crippen LogP contribution in [0.5, 0.6) is 5.75 Å². The monoisotopic (exact) mass is 373 g/mol. The van der Waals surface area contributed by atoms with E-state index < -0.39 is 5.82 Å². The number of thiophene rings is 2. The van der Waals surface area contributed by atoms with E-state index in [9.17, 15) is 9.18 Å². The highest BCUT2D eigenvalue weighted by Gasteiger charge is 2.34. The molecule has 6 heteroatoms. The van der Waals surface area contributed by atoms with Crippen molar-refractivity contribution in [1.82, 2.24) is 4.90 Å². The van der Waals surface area contributed by atoms with E-state index in [-0.39, 0.29) is 17.7 Å². The van der Waals surface area contributed by atoms with Gasteiger partial charge >= 0.3 is 0 Å². The van der Waals surface area contributed by atoms with Crippen molar-refractivity contribution in [3.8, 4) is 5.75 Å². The van der Waals surface area contributed by atoms with Crippen LogP contribution in [0.15, 0.2) is 47.2 Å². The summed E-state index contributed by atoms with van der Waals surface area (Å²) in [7, 11) is 1.41. The molecule has 3 heterocycles. The Morgan fingerprint density at radius 1 is 1.24 bits per heavy atom. The van der Waals surface area contributed by atoms with Crippen LogP contribution in [-0.4, -0.2) is 24.5 Å². The highest BCUT2D eigenvalue weighted by molar-refractivity contribution is 7.10. The zero-order valence-corrected chi connectivity index (χ0v) is 15.2. The molecule has 0 unspecified atom stereocenters. The van der Waals surface area contributed by atoms with Crippen LogP contribution in [0.4, 0.5) is 4.39 Å². The predicted molar refractivity (Wildman–Crippen MR) is 98.2 cm³/mol. The fourth-order valence-electron chi connectivity index (χ4n) is 3.25. The molecule has 1 aromatic carbocycles. The summed E-state index contributed by atoms with van der Waals surface area (Å²) < 4.78 is 19.0. The SMILES string of the molecule is COc1ccc(C(=O)N2CCc3sccc3[C@H]2c2cccs2)cc1F. The summed E-state index contributed by atoms with van der Waals surface area (Å²) >= 11 is 3.37. The molecule has 0 N–H and O–H groups in total. The molecule has 25 heavy (non-hydrogen) atoms. The standard InChI is InChI=1S/C19H16FNO2S2/c1-23-15-5-4-12(11-14(15)20)19(22)21-8-6-16-13(7-10-25-16)18(21)17-3-2-9-24-17/h2-5,7,9-11,18H,6,8H2,1H3/t18-/m0/s1. The maximum absolute atomic E-state index is 14.0. The zero-order valence-electron chi connectivity index (χ0n) is 13.6. The maximum atomic E-state index is 14.0. The number of nitrogens with zero attached hydrogens (tertiary/aromatic N) is 1. The lowest BCUT2D eigenvalue weighted by atomic mass is 9.97. The molecule has 3 aromatic rings. The van der Waals surface area contributed by atoms with Gasteiger partial charge in [-0.05, 0) is 53.1 Å². The number of hydrogen-bond donors (Lipinski definition) is 0. The molecule has 1 amide bonds. The molecule has 0 aliphatic carbocycles. The lowest BCUT2D eigenvalue weighted by Gasteiger charge is -2.35. The fourth-order valence-corrected chi connectivity index (χ4v) is 5.01. The van der Waals surface area contributed by atoms with Crippen LogP contribution in [0.3, 0.4) is 0 Å². The Balaban J connectivity index is 1.73. The number of carbonyl (C=O) groups is 1. The highest BCUT2D eigenvalue weighted by atomic mass is 32.1. The number of rotatable bonds is 3. The second-order valence-corrected chi connectivity index (χ2v) is 7.79. The number of ether oxygens (including phenoxy) is 1. The van der Waals surface area contributed by atoms with Crippen molar-refractivity contribution in [2.45, 2.75) is 12.5 Å². The summed E-state index contributed by atoms with van der Waals surface area (Å²) in [4.78, 5) is 17.4. The minimum absolute atomic E-state index is 0.104. The van der Waals surface area contributed by atoms with Crippen LogP contribution in [0.25, 0.3) is 0 Å². The summed E-state index contributed by atoms with van der Waals surface area (Å²) in [5.41, 5.74) is 1.53. The van der Waals surface area contributed by atoms with Crippen molar-refractivity contribution in [3.05, 3.63) is 73.9 Å². The highest BCUT2D eigenvalue weighted by Crippen LogP contribution is 2.40. The number of halogens is 1. The first-order valence-electron chi connectivity index (χ1n) is 7.93. The van der Waals surface area contributed by atoms with Crippen molar-refractivity contribution in [2.24, 2.45) is 0 Å². The normalized spacial score (nSPS) is 16.6. The van der Waals surface area contributed by atoms with Gasteiger partial charge in [0.1, 0.15) is 0 Å². The van der Waals surface area contributed by atoms with Crippen LogP contribution in [0.2, 0.25) is 0 Å². The van der Waals surface area contributed by atoms with Gasteiger partial charge in [-0.15, -0.1) is 22.7 Å². The average Bonchev–Trinajstić information content (AvgIpc) is 3.31. The van der Waals surface area contributed by atoms with E-state index in [1.807, 2.05) is 16.3 Å². The largest absolute Gasteiger partial charge is 0.494 e. The van der Waals surface area contributed by atoms with Gasteiger partial charge in [0.15, 0.2) is 11.6 Å². The Kier molecular flexibility index (Phi) is 4.31. The minimum atomic E-state index is -0.519. The Morgan fingerprint density at radius 3 is 2.84 bits per heavy atom. The second kappa shape index (κ2) is 6.61. The predicted octanol–water partition coefficient (Wildman–Crippen LogP) is 4.75. The molecule has 2 aromatic heterocycles. The number of methoxy groups -OCH3 is 1. The molecule has 0 saturated carbocycles. The smallest absolute Gasteiger partial charge is 0.254 e. The lowest BCUT2D eigenvalue weighted by Crippen LogP contribution is -2.39. The molecule has 0 bridgehead atoms. The van der Waals surface area contributed by atoms with Gasteiger partial charge in [-0.2, -0.15) is 0 Å². The Bertz CT molecular complexity index is 904. The van der Waals surface area contributed by atoms with Crippen LogP contribution >= 0.6 is 22.7 Å². The van der Waals surface area contributed by atoms with E-state index in [2.05, 4.69) is 17.5 Å². The van der Waals surface area contributed by atoms with Gasteiger partial charge in [0.2, 0.25) is 0 Å². The molecular weight excluding hydrogens is 357 g/mol. The van der Waals surface area contributed by atoms with Crippen molar-refractivity contribution < 1.29 is 13.9 Å². The van der Waals surface area contributed by atoms with Gasteiger partial charge in [-0.1, -0.05) is 6.07 Å². The lowest BCUT2D eigenvalue weighted by molar-refractivity contribution is 0.0698. The van der Waals surface area contributed by atoms with Crippen molar-refractivity contribution >= 4 is 28.6 Å². The van der Waals surface area contributed by atoms with Crippen LogP contribution < -0.4 is 4.74 Å². The maximum Gasteiger partial charge on any atom is 0.254 e. The van der Waals surface area contributed by atoms with Crippen LogP contribution in [0.1, 0.15) is 31.7 Å². The van der Waals surface area contributed by atoms with E-state index in [4.69, 9.17) is 4.74 Å². The molecule has 0 spiro atoms. The Hall–Kier alpha value is -2.18. The Labute approximate surface area is 153 Å². The summed E-state index contributed by atoms with van der Waals surface area (Å²) in [6, 6.07) is 10.4. The first-order valence-corrected chi connectivity index (χ1v) is 9.69. The number of carbonyl (C=O) groups excluding carboxylic acids is 1. The van der Waals surface area contributed by atoms with Gasteiger partial charge in [0.05, 0.1) is 13.2 Å². The number of hydrogen-bond acceptors (Lipinski definition) is 4. The van der Waals surface area contributed by atoms with E-state index in [1.54, 1.807) is 28.7 Å². The molecule has 128 valence electrons. The van der Waals surface area contributed by atoms with Gasteiger partial charge < -0.3 is 9.64 Å². The van der Waals surface area contributed by atoms with E-state index >= 15 is 0 Å². The van der Waals surface area contributed by atoms with Crippen LogP contribution in [-0.2, 0) is 6.42 Å². The molecule has 0 saturated heterocycles. The quantitative estimate of drug-likeness (QED) is 0.663. The summed E-state index contributed by atoms with van der Waals surface area (Å²) in [6.07, 6.45) is 0.833. The topological polar surface area (TPSA) is 29.5 Å².